The first-order chi connectivity index (χ1) is 13.9. The SMILES string of the molecule is CCNC(=NCc1ccc(C(=O)N(C)C)cc1)N(C)Cc1ccc(OCC)cc1. The fourth-order valence-electron chi connectivity index (χ4n) is 2.85. The summed E-state index contributed by atoms with van der Waals surface area (Å²) in [7, 11) is 5.53. The Morgan fingerprint density at radius 3 is 2.14 bits per heavy atom. The molecule has 0 unspecified atom stereocenters. The molecule has 1 N–H and O–H groups in total. The summed E-state index contributed by atoms with van der Waals surface area (Å²) in [5, 5.41) is 3.34. The smallest absolute Gasteiger partial charge is 0.253 e. The van der Waals surface area contributed by atoms with E-state index in [1.54, 1.807) is 19.0 Å². The number of amides is 1. The Kier molecular flexibility index (Phi) is 8.52. The Labute approximate surface area is 174 Å². The first-order valence-corrected chi connectivity index (χ1v) is 9.96. The average Bonchev–Trinajstić information content (AvgIpc) is 2.72. The van der Waals surface area contributed by atoms with Gasteiger partial charge in [0.05, 0.1) is 13.2 Å². The molecule has 0 bridgehead atoms. The molecule has 0 saturated heterocycles. The van der Waals surface area contributed by atoms with Crippen LogP contribution in [0.3, 0.4) is 0 Å². The standard InChI is InChI=1S/C23H32N4O2/c1-6-24-23(27(5)17-19-10-14-21(15-11-19)29-7-2)25-16-18-8-12-20(13-9-18)22(28)26(3)4/h8-15H,6-7,16-17H2,1-5H3,(H,24,25). The van der Waals surface area contributed by atoms with E-state index < -0.39 is 0 Å². The summed E-state index contributed by atoms with van der Waals surface area (Å²) in [5.41, 5.74) is 2.93. The van der Waals surface area contributed by atoms with Crippen LogP contribution in [0.4, 0.5) is 0 Å². The first-order valence-electron chi connectivity index (χ1n) is 9.96. The van der Waals surface area contributed by atoms with Crippen molar-refractivity contribution in [3.63, 3.8) is 0 Å². The highest BCUT2D eigenvalue weighted by Gasteiger charge is 2.09. The maximum absolute atomic E-state index is 12.0. The topological polar surface area (TPSA) is 57.2 Å². The summed E-state index contributed by atoms with van der Waals surface area (Å²) in [6.07, 6.45) is 0. The van der Waals surface area contributed by atoms with E-state index in [0.717, 1.165) is 30.4 Å². The zero-order chi connectivity index (χ0) is 21.2. The van der Waals surface area contributed by atoms with E-state index >= 15 is 0 Å². The van der Waals surface area contributed by atoms with Gasteiger partial charge >= 0.3 is 0 Å². The van der Waals surface area contributed by atoms with Gasteiger partial charge in [0.15, 0.2) is 5.96 Å². The molecule has 0 aliphatic carbocycles. The van der Waals surface area contributed by atoms with E-state index in [1.807, 2.05) is 50.4 Å². The highest BCUT2D eigenvalue weighted by Crippen LogP contribution is 2.14. The van der Waals surface area contributed by atoms with Crippen LogP contribution in [-0.2, 0) is 13.1 Å². The van der Waals surface area contributed by atoms with Gasteiger partial charge in [-0.25, -0.2) is 4.99 Å². The summed E-state index contributed by atoms with van der Waals surface area (Å²) < 4.78 is 5.50. The van der Waals surface area contributed by atoms with Crippen molar-refractivity contribution in [2.24, 2.45) is 4.99 Å². The van der Waals surface area contributed by atoms with Crippen molar-refractivity contribution in [2.45, 2.75) is 26.9 Å². The molecule has 0 saturated carbocycles. The van der Waals surface area contributed by atoms with Crippen molar-refractivity contribution in [1.29, 1.82) is 0 Å². The van der Waals surface area contributed by atoms with Crippen LogP contribution in [0.25, 0.3) is 0 Å². The van der Waals surface area contributed by atoms with Crippen LogP contribution < -0.4 is 10.1 Å². The van der Waals surface area contributed by atoms with E-state index in [4.69, 9.17) is 9.73 Å². The molecule has 0 aliphatic rings. The fourth-order valence-corrected chi connectivity index (χ4v) is 2.85. The molecular formula is C23H32N4O2. The molecule has 6 heteroatoms. The van der Waals surface area contributed by atoms with E-state index in [2.05, 4.69) is 29.3 Å². The lowest BCUT2D eigenvalue weighted by molar-refractivity contribution is 0.0827. The van der Waals surface area contributed by atoms with Crippen molar-refractivity contribution in [1.82, 2.24) is 15.1 Å². The molecule has 156 valence electrons. The molecule has 29 heavy (non-hydrogen) atoms. The van der Waals surface area contributed by atoms with Gasteiger partial charge < -0.3 is 19.9 Å². The van der Waals surface area contributed by atoms with Crippen molar-refractivity contribution >= 4 is 11.9 Å². The number of carbonyl (C=O) groups is 1. The molecular weight excluding hydrogens is 364 g/mol. The van der Waals surface area contributed by atoms with E-state index in [9.17, 15) is 4.79 Å². The predicted molar refractivity (Wildman–Crippen MR) is 118 cm³/mol. The second-order valence-electron chi connectivity index (χ2n) is 7.00. The number of rotatable bonds is 8. The summed E-state index contributed by atoms with van der Waals surface area (Å²) >= 11 is 0. The zero-order valence-electron chi connectivity index (χ0n) is 18.1. The molecule has 6 nitrogen and oxygen atoms in total. The largest absolute Gasteiger partial charge is 0.494 e. The van der Waals surface area contributed by atoms with Crippen LogP contribution in [0.5, 0.6) is 5.75 Å². The number of ether oxygens (including phenoxy) is 1. The Morgan fingerprint density at radius 1 is 0.966 bits per heavy atom. The van der Waals surface area contributed by atoms with Gasteiger partial charge in [0.25, 0.3) is 5.91 Å². The van der Waals surface area contributed by atoms with Crippen LogP contribution in [0.2, 0.25) is 0 Å². The normalized spacial score (nSPS) is 11.1. The molecule has 0 radical (unpaired) electrons. The summed E-state index contributed by atoms with van der Waals surface area (Å²) in [6.45, 7) is 6.79. The highest BCUT2D eigenvalue weighted by atomic mass is 16.5. The minimum Gasteiger partial charge on any atom is -0.494 e. The monoisotopic (exact) mass is 396 g/mol. The number of guanidine groups is 1. The number of carbonyl (C=O) groups excluding carboxylic acids is 1. The third-order valence-electron chi connectivity index (χ3n) is 4.37. The number of hydrogen-bond donors (Lipinski definition) is 1. The Balaban J connectivity index is 2.03. The summed E-state index contributed by atoms with van der Waals surface area (Å²) in [6, 6.07) is 15.7. The number of hydrogen-bond acceptors (Lipinski definition) is 3. The molecule has 0 spiro atoms. The fraction of sp³-hybridized carbons (Fsp3) is 0.391. The van der Waals surface area contributed by atoms with E-state index in [0.29, 0.717) is 18.7 Å². The molecule has 2 rings (SSSR count). The molecule has 0 aromatic heterocycles. The second kappa shape index (κ2) is 11.1. The first kappa shape index (κ1) is 22.3. The molecule has 0 fully saturated rings. The van der Waals surface area contributed by atoms with Gasteiger partial charge in [-0.3, -0.25) is 4.79 Å². The van der Waals surface area contributed by atoms with Gasteiger partial charge in [0.2, 0.25) is 0 Å². The third kappa shape index (κ3) is 6.82. The van der Waals surface area contributed by atoms with E-state index in [1.165, 1.54) is 5.56 Å². The molecule has 1 amide bonds. The highest BCUT2D eigenvalue weighted by molar-refractivity contribution is 5.93. The number of aliphatic imine (C=N–C) groups is 1. The van der Waals surface area contributed by atoms with Gasteiger partial charge in [0, 0.05) is 39.8 Å². The van der Waals surface area contributed by atoms with Crippen molar-refractivity contribution in [3.8, 4) is 5.75 Å². The third-order valence-corrected chi connectivity index (χ3v) is 4.37. The van der Waals surface area contributed by atoms with Crippen LogP contribution >= 0.6 is 0 Å². The van der Waals surface area contributed by atoms with Gasteiger partial charge in [-0.2, -0.15) is 0 Å². The molecule has 2 aromatic carbocycles. The van der Waals surface area contributed by atoms with Crippen molar-refractivity contribution < 1.29 is 9.53 Å². The Hall–Kier alpha value is -3.02. The van der Waals surface area contributed by atoms with Gasteiger partial charge in [-0.05, 0) is 49.2 Å². The maximum atomic E-state index is 12.0. The van der Waals surface area contributed by atoms with Crippen LogP contribution in [0.15, 0.2) is 53.5 Å². The molecule has 0 aliphatic heterocycles. The lowest BCUT2D eigenvalue weighted by Crippen LogP contribution is -2.38. The average molecular weight is 397 g/mol. The lowest BCUT2D eigenvalue weighted by Gasteiger charge is -2.22. The molecule has 2 aromatic rings. The van der Waals surface area contributed by atoms with Crippen LogP contribution in [-0.4, -0.2) is 56.0 Å². The van der Waals surface area contributed by atoms with Crippen LogP contribution in [0.1, 0.15) is 35.3 Å². The van der Waals surface area contributed by atoms with Gasteiger partial charge in [-0.15, -0.1) is 0 Å². The summed E-state index contributed by atoms with van der Waals surface area (Å²) in [4.78, 5) is 20.4. The Bertz CT molecular complexity index is 799. The van der Waals surface area contributed by atoms with Gasteiger partial charge in [-0.1, -0.05) is 24.3 Å². The van der Waals surface area contributed by atoms with Crippen LogP contribution in [0, 0.1) is 0 Å². The minimum atomic E-state index is 0.00322. The summed E-state index contributed by atoms with van der Waals surface area (Å²) in [5.74, 6) is 1.73. The number of benzene rings is 2. The lowest BCUT2D eigenvalue weighted by atomic mass is 10.1. The maximum Gasteiger partial charge on any atom is 0.253 e. The number of nitrogens with zero attached hydrogens (tertiary/aromatic N) is 3. The van der Waals surface area contributed by atoms with Gasteiger partial charge in [0.1, 0.15) is 5.75 Å². The number of nitrogens with one attached hydrogen (secondary N) is 1. The zero-order valence-corrected chi connectivity index (χ0v) is 18.1. The second-order valence-corrected chi connectivity index (χ2v) is 7.00. The minimum absolute atomic E-state index is 0.00322. The van der Waals surface area contributed by atoms with Crippen molar-refractivity contribution in [3.05, 3.63) is 65.2 Å². The quantitative estimate of drug-likeness (QED) is 0.549. The van der Waals surface area contributed by atoms with E-state index in [-0.39, 0.29) is 5.91 Å². The van der Waals surface area contributed by atoms with Crippen molar-refractivity contribution in [2.75, 3.05) is 34.3 Å². The Morgan fingerprint density at radius 2 is 1.59 bits per heavy atom. The molecule has 0 atom stereocenters. The molecule has 0 heterocycles. The predicted octanol–water partition coefficient (Wildman–Crippen LogP) is 3.38.